The number of aromatic hydroxyl groups is 4. The van der Waals surface area contributed by atoms with Gasteiger partial charge in [0.05, 0.1) is 28.4 Å². The molecule has 8 aromatic carbocycles. The van der Waals surface area contributed by atoms with Gasteiger partial charge in [-0.2, -0.15) is 0 Å². The summed E-state index contributed by atoms with van der Waals surface area (Å²) in [4.78, 5) is 0. The average molecular weight is 849 g/mol. The fourth-order valence-electron chi connectivity index (χ4n) is 8.74. The van der Waals surface area contributed by atoms with Crippen LogP contribution in [0, 0.1) is 0 Å². The van der Waals surface area contributed by atoms with Crippen molar-refractivity contribution in [2.24, 2.45) is 0 Å². The molecule has 8 heteroatoms. The number of methoxy groups -OCH3 is 4. The zero-order valence-electron chi connectivity index (χ0n) is 36.1. The Labute approximate surface area is 372 Å². The molecule has 1 aliphatic rings. The molecule has 0 aliphatic heterocycles. The number of rotatable bonds is 8. The summed E-state index contributed by atoms with van der Waals surface area (Å²) in [5.41, 5.74) is 11.9. The molecule has 9 rings (SSSR count). The highest BCUT2D eigenvalue weighted by atomic mass is 16.5. The third-order valence-corrected chi connectivity index (χ3v) is 12.3. The molecule has 0 saturated carbocycles. The van der Waals surface area contributed by atoms with Crippen LogP contribution in [0.2, 0.25) is 0 Å². The van der Waals surface area contributed by atoms with Gasteiger partial charge >= 0.3 is 0 Å². The van der Waals surface area contributed by atoms with Gasteiger partial charge < -0.3 is 39.4 Å². The lowest BCUT2D eigenvalue weighted by molar-refractivity contribution is 0.415. The second kappa shape index (κ2) is 17.5. The molecule has 8 bridgehead atoms. The first kappa shape index (κ1) is 41.5. The minimum Gasteiger partial charge on any atom is -0.507 e. The van der Waals surface area contributed by atoms with E-state index in [0.717, 1.165) is 67.5 Å². The maximum atomic E-state index is 12.3. The van der Waals surface area contributed by atoms with E-state index >= 15 is 0 Å². The monoisotopic (exact) mass is 848 g/mol. The topological polar surface area (TPSA) is 118 Å². The number of ether oxygens (including phenoxy) is 4. The number of benzene rings is 8. The van der Waals surface area contributed by atoms with E-state index in [2.05, 4.69) is 0 Å². The summed E-state index contributed by atoms with van der Waals surface area (Å²) < 4.78 is 21.9. The van der Waals surface area contributed by atoms with Gasteiger partial charge in [0.1, 0.15) is 46.0 Å². The molecule has 0 heterocycles. The largest absolute Gasteiger partial charge is 0.507 e. The number of fused-ring (bicyclic) bond motifs is 8. The smallest absolute Gasteiger partial charge is 0.122 e. The number of phenols is 4. The summed E-state index contributed by atoms with van der Waals surface area (Å²) in [6, 6.07) is 46.7. The van der Waals surface area contributed by atoms with Crippen LogP contribution in [0.3, 0.4) is 0 Å². The van der Waals surface area contributed by atoms with Gasteiger partial charge in [-0.25, -0.2) is 0 Å². The SMILES string of the molecule is COc1ccc(-c2cc3c(O)c(c2)Cc2cc(-c4ccc(OC)cc4)cc(c2O)Cc2cc(-c4ccc(OC)cc4)cc(c2O)Cc2cc(-c4ccc(OC)cc4)cc(c2O)C3)cc1. The van der Waals surface area contributed by atoms with Crippen LogP contribution in [0.1, 0.15) is 44.5 Å². The van der Waals surface area contributed by atoms with Crippen molar-refractivity contribution >= 4 is 0 Å². The highest BCUT2D eigenvalue weighted by Gasteiger charge is 2.23. The van der Waals surface area contributed by atoms with E-state index in [1.54, 1.807) is 28.4 Å². The minimum absolute atomic E-state index is 0.0722. The summed E-state index contributed by atoms with van der Waals surface area (Å²) in [5, 5.41) is 49.2. The second-order valence-electron chi connectivity index (χ2n) is 16.2. The van der Waals surface area contributed by atoms with Crippen molar-refractivity contribution in [3.8, 4) is 90.5 Å². The summed E-state index contributed by atoms with van der Waals surface area (Å²) >= 11 is 0. The molecule has 0 fully saturated rings. The molecule has 0 spiro atoms. The van der Waals surface area contributed by atoms with Crippen molar-refractivity contribution in [3.05, 3.63) is 190 Å². The third-order valence-electron chi connectivity index (χ3n) is 12.3. The Bertz CT molecular complexity index is 2480. The Balaban J connectivity index is 1.30. The highest BCUT2D eigenvalue weighted by molar-refractivity contribution is 5.75. The summed E-state index contributed by atoms with van der Waals surface area (Å²) in [5.74, 6) is 3.17. The number of phenolic OH excluding ortho intramolecular Hbond substituents is 4. The molecule has 0 amide bonds. The summed E-state index contributed by atoms with van der Waals surface area (Å²) in [6.07, 6.45) is 0.714. The Morgan fingerprint density at radius 2 is 0.406 bits per heavy atom. The minimum atomic E-state index is 0.0722. The first-order valence-corrected chi connectivity index (χ1v) is 21.1. The Kier molecular flexibility index (Phi) is 11.3. The number of hydrogen-bond donors (Lipinski definition) is 4. The lowest BCUT2D eigenvalue weighted by atomic mass is 9.86. The van der Waals surface area contributed by atoms with Crippen LogP contribution in [0.5, 0.6) is 46.0 Å². The molecule has 0 radical (unpaired) electrons. The normalized spacial score (nSPS) is 12.1. The third kappa shape index (κ3) is 8.26. The molecule has 8 nitrogen and oxygen atoms in total. The Hall–Kier alpha value is -7.84. The van der Waals surface area contributed by atoms with Crippen molar-refractivity contribution in [2.45, 2.75) is 25.7 Å². The first-order chi connectivity index (χ1) is 31.1. The molecular formula is C56H48O8. The van der Waals surface area contributed by atoms with Crippen molar-refractivity contribution in [1.82, 2.24) is 0 Å². The van der Waals surface area contributed by atoms with E-state index in [4.69, 9.17) is 18.9 Å². The highest BCUT2D eigenvalue weighted by Crippen LogP contribution is 2.43. The van der Waals surface area contributed by atoms with Crippen LogP contribution < -0.4 is 18.9 Å². The van der Waals surface area contributed by atoms with Gasteiger partial charge in [-0.15, -0.1) is 0 Å². The van der Waals surface area contributed by atoms with Gasteiger partial charge in [-0.3, -0.25) is 0 Å². The zero-order valence-corrected chi connectivity index (χ0v) is 36.1. The molecule has 0 aromatic heterocycles. The van der Waals surface area contributed by atoms with Crippen LogP contribution in [0.15, 0.2) is 146 Å². The predicted molar refractivity (Wildman–Crippen MR) is 252 cm³/mol. The lowest BCUT2D eigenvalue weighted by Gasteiger charge is -2.20. The quantitative estimate of drug-likeness (QED) is 0.119. The predicted octanol–water partition coefficient (Wildman–Crippen LogP) is 11.9. The fourth-order valence-corrected chi connectivity index (χ4v) is 8.74. The molecular weight excluding hydrogens is 801 g/mol. The summed E-state index contributed by atoms with van der Waals surface area (Å²) in [6.45, 7) is 0. The van der Waals surface area contributed by atoms with Gasteiger partial charge in [0.15, 0.2) is 0 Å². The van der Waals surface area contributed by atoms with Gasteiger partial charge in [-0.05, 0) is 186 Å². The van der Waals surface area contributed by atoms with Gasteiger partial charge in [0.2, 0.25) is 0 Å². The van der Waals surface area contributed by atoms with E-state index in [0.29, 0.717) is 44.5 Å². The van der Waals surface area contributed by atoms with Crippen molar-refractivity contribution in [3.63, 3.8) is 0 Å². The van der Waals surface area contributed by atoms with E-state index in [-0.39, 0.29) is 48.7 Å². The van der Waals surface area contributed by atoms with E-state index in [1.807, 2.05) is 146 Å². The van der Waals surface area contributed by atoms with E-state index < -0.39 is 0 Å². The Morgan fingerprint density at radius 1 is 0.250 bits per heavy atom. The van der Waals surface area contributed by atoms with Crippen LogP contribution in [0.4, 0.5) is 0 Å². The molecule has 0 unspecified atom stereocenters. The maximum absolute atomic E-state index is 12.3. The van der Waals surface area contributed by atoms with E-state index in [9.17, 15) is 20.4 Å². The van der Waals surface area contributed by atoms with E-state index in [1.165, 1.54) is 0 Å². The van der Waals surface area contributed by atoms with Gasteiger partial charge in [-0.1, -0.05) is 48.5 Å². The number of hydrogen-bond acceptors (Lipinski definition) is 8. The molecule has 1 aliphatic carbocycles. The van der Waals surface area contributed by atoms with Crippen molar-refractivity contribution in [1.29, 1.82) is 0 Å². The second-order valence-corrected chi connectivity index (χ2v) is 16.2. The first-order valence-electron chi connectivity index (χ1n) is 21.1. The zero-order chi connectivity index (χ0) is 44.5. The van der Waals surface area contributed by atoms with Gasteiger partial charge in [0, 0.05) is 25.7 Å². The molecule has 4 N–H and O–H groups in total. The summed E-state index contributed by atoms with van der Waals surface area (Å²) in [7, 11) is 6.52. The average Bonchev–Trinajstić information content (AvgIpc) is 3.33. The van der Waals surface area contributed by atoms with Gasteiger partial charge in [0.25, 0.3) is 0 Å². The molecule has 0 saturated heterocycles. The van der Waals surface area contributed by atoms with Crippen LogP contribution in [0.25, 0.3) is 44.5 Å². The molecule has 320 valence electrons. The van der Waals surface area contributed by atoms with Crippen LogP contribution in [-0.4, -0.2) is 48.9 Å². The Morgan fingerprint density at radius 3 is 0.547 bits per heavy atom. The molecule has 64 heavy (non-hydrogen) atoms. The van der Waals surface area contributed by atoms with Crippen molar-refractivity contribution < 1.29 is 39.4 Å². The van der Waals surface area contributed by atoms with Crippen LogP contribution >= 0.6 is 0 Å². The lowest BCUT2D eigenvalue weighted by Crippen LogP contribution is -2.03. The standard InChI is InChI=1S/C56H48O8/c1-61-49-13-5-33(6-14-49)37-21-41-29-43-23-38(34-7-15-50(62-2)16-8-34)25-45(54(43)58)31-47-27-40(36-11-19-52(64-4)20-12-36)28-48(56(47)60)32-46-26-39(35-9-17-51(63-3)18-10-35)24-44(55(46)59)30-42(22-37)53(41)57/h5-28,57-60H,29-32H2,1-4H3. The van der Waals surface area contributed by atoms with Crippen molar-refractivity contribution in [2.75, 3.05) is 28.4 Å². The maximum Gasteiger partial charge on any atom is 0.122 e. The molecule has 8 aromatic rings. The van der Waals surface area contributed by atoms with Crippen LogP contribution in [-0.2, 0) is 25.7 Å². The molecule has 0 atom stereocenters. The fraction of sp³-hybridized carbons (Fsp3) is 0.143.